The number of methoxy groups -OCH3 is 1. The number of anilines is 1. The molecule has 1 aliphatic heterocycles. The summed E-state index contributed by atoms with van der Waals surface area (Å²) in [5.41, 5.74) is 0.920. The van der Waals surface area contributed by atoms with Crippen molar-refractivity contribution < 1.29 is 27.8 Å². The van der Waals surface area contributed by atoms with Crippen LogP contribution in [0.5, 0.6) is 5.88 Å². The predicted octanol–water partition coefficient (Wildman–Crippen LogP) is 2.60. The predicted molar refractivity (Wildman–Crippen MR) is 108 cm³/mol. The highest BCUT2D eigenvalue weighted by Crippen LogP contribution is 2.34. The van der Waals surface area contributed by atoms with Crippen molar-refractivity contribution in [1.82, 2.24) is 24.6 Å². The van der Waals surface area contributed by atoms with Gasteiger partial charge in [-0.25, -0.2) is 18.3 Å². The van der Waals surface area contributed by atoms with E-state index in [2.05, 4.69) is 25.1 Å². The smallest absolute Gasteiger partial charge is 0.409 e. The third-order valence-corrected chi connectivity index (χ3v) is 5.58. The second-order valence-corrected chi connectivity index (χ2v) is 8.04. The maximum atomic E-state index is 13.5. The van der Waals surface area contributed by atoms with Gasteiger partial charge in [-0.3, -0.25) is 4.79 Å². The molecule has 0 radical (unpaired) electrons. The lowest BCUT2D eigenvalue weighted by molar-refractivity contribution is -0.0361. The number of ether oxygens (including phenoxy) is 2. The lowest BCUT2D eigenvalue weighted by Crippen LogP contribution is -2.56. The van der Waals surface area contributed by atoms with Crippen molar-refractivity contribution in [3.05, 3.63) is 23.5 Å². The molecular formula is C20H24F2N6O4. The Morgan fingerprint density at radius 3 is 2.62 bits per heavy atom. The summed E-state index contributed by atoms with van der Waals surface area (Å²) < 4.78 is 38.9. The molecule has 1 N–H and O–H groups in total. The average Bonchev–Trinajstić information content (AvgIpc) is 3.12. The van der Waals surface area contributed by atoms with Gasteiger partial charge in [-0.05, 0) is 25.3 Å². The molecule has 4 rings (SSSR count). The zero-order valence-electron chi connectivity index (χ0n) is 17.8. The molecule has 0 unspecified atom stereocenters. The number of aromatic nitrogens is 4. The highest BCUT2D eigenvalue weighted by atomic mass is 19.3. The van der Waals surface area contributed by atoms with Crippen LogP contribution in [0.25, 0.3) is 5.95 Å². The number of halogens is 2. The molecule has 10 nitrogen and oxygen atoms in total. The van der Waals surface area contributed by atoms with Gasteiger partial charge in [0.1, 0.15) is 17.6 Å². The normalized spacial score (nSPS) is 18.7. The molecule has 1 amide bonds. The third kappa shape index (κ3) is 4.78. The van der Waals surface area contributed by atoms with Crippen molar-refractivity contribution in [3.8, 4) is 11.8 Å². The van der Waals surface area contributed by atoms with E-state index in [0.29, 0.717) is 43.6 Å². The van der Waals surface area contributed by atoms with E-state index >= 15 is 0 Å². The topological polar surface area (TPSA) is 111 Å². The van der Waals surface area contributed by atoms with Gasteiger partial charge in [0.25, 0.3) is 5.95 Å². The van der Waals surface area contributed by atoms with Gasteiger partial charge in [0, 0.05) is 31.1 Å². The van der Waals surface area contributed by atoms with Crippen LogP contribution in [0.3, 0.4) is 0 Å². The molecule has 1 aliphatic carbocycles. The number of aldehydes is 1. The SMILES string of the molecule is COC(=O)N1CC(Oc2cc(NC3CCC(F)(F)CC3)nc(-n3cc(C)c(C=O)n3)n2)C1. The van der Waals surface area contributed by atoms with Crippen molar-refractivity contribution in [2.75, 3.05) is 25.5 Å². The summed E-state index contributed by atoms with van der Waals surface area (Å²) in [6.45, 7) is 2.44. The first-order valence-corrected chi connectivity index (χ1v) is 10.3. The lowest BCUT2D eigenvalue weighted by atomic mass is 9.92. The fourth-order valence-electron chi connectivity index (χ4n) is 3.70. The first-order chi connectivity index (χ1) is 15.3. The Morgan fingerprint density at radius 2 is 2.00 bits per heavy atom. The number of carbonyl (C=O) groups excluding carboxylic acids is 2. The second-order valence-electron chi connectivity index (χ2n) is 8.04. The number of nitrogens with zero attached hydrogens (tertiary/aromatic N) is 5. The highest BCUT2D eigenvalue weighted by molar-refractivity contribution is 5.73. The Balaban J connectivity index is 1.54. The molecule has 2 aromatic heterocycles. The zero-order chi connectivity index (χ0) is 22.9. The van der Waals surface area contributed by atoms with Crippen molar-refractivity contribution in [1.29, 1.82) is 0 Å². The van der Waals surface area contributed by atoms with Crippen molar-refractivity contribution in [3.63, 3.8) is 0 Å². The highest BCUT2D eigenvalue weighted by Gasteiger charge is 2.36. The standard InChI is InChI=1S/C20H24F2N6O4/c1-12-8-28(26-15(12)11-29)18-24-16(23-13-3-5-20(21,22)6-4-13)7-17(25-18)32-14-9-27(10-14)19(30)31-2/h7-8,11,13-14H,3-6,9-10H2,1-2H3,(H,23,24,25). The molecule has 0 spiro atoms. The van der Waals surface area contributed by atoms with Gasteiger partial charge in [0.05, 0.1) is 20.2 Å². The van der Waals surface area contributed by atoms with Crippen LogP contribution in [0.15, 0.2) is 12.3 Å². The molecule has 172 valence electrons. The molecule has 3 heterocycles. The summed E-state index contributed by atoms with van der Waals surface area (Å²) >= 11 is 0. The van der Waals surface area contributed by atoms with Crippen LogP contribution in [0.4, 0.5) is 19.4 Å². The average molecular weight is 450 g/mol. The van der Waals surface area contributed by atoms with Crippen molar-refractivity contribution in [2.45, 2.75) is 50.7 Å². The number of rotatable bonds is 6. The number of hydrogen-bond donors (Lipinski definition) is 1. The fourth-order valence-corrected chi connectivity index (χ4v) is 3.70. The number of carbonyl (C=O) groups is 2. The Morgan fingerprint density at radius 1 is 1.28 bits per heavy atom. The Hall–Kier alpha value is -3.31. The number of alkyl halides is 2. The minimum absolute atomic E-state index is 0.159. The quantitative estimate of drug-likeness (QED) is 0.669. The van der Waals surface area contributed by atoms with E-state index in [0.717, 1.165) is 0 Å². The summed E-state index contributed by atoms with van der Waals surface area (Å²) in [5.74, 6) is -1.80. The van der Waals surface area contributed by atoms with Gasteiger partial charge >= 0.3 is 6.09 Å². The van der Waals surface area contributed by atoms with Crippen LogP contribution in [-0.2, 0) is 4.74 Å². The van der Waals surface area contributed by atoms with Crippen LogP contribution in [-0.4, -0.2) is 75.3 Å². The number of nitrogens with one attached hydrogen (secondary N) is 1. The first-order valence-electron chi connectivity index (χ1n) is 10.3. The monoisotopic (exact) mass is 450 g/mol. The Labute approximate surface area is 182 Å². The molecule has 1 saturated carbocycles. The van der Waals surface area contributed by atoms with E-state index in [1.54, 1.807) is 19.2 Å². The lowest BCUT2D eigenvalue weighted by Gasteiger charge is -2.37. The van der Waals surface area contributed by atoms with Crippen LogP contribution in [0.2, 0.25) is 0 Å². The van der Waals surface area contributed by atoms with E-state index in [1.165, 1.54) is 16.7 Å². The number of amides is 1. The summed E-state index contributed by atoms with van der Waals surface area (Å²) in [5, 5.41) is 7.37. The van der Waals surface area contributed by atoms with E-state index in [1.807, 2.05) is 0 Å². The number of likely N-dealkylation sites (tertiary alicyclic amines) is 1. The van der Waals surface area contributed by atoms with E-state index < -0.39 is 12.0 Å². The zero-order valence-corrected chi connectivity index (χ0v) is 17.8. The molecular weight excluding hydrogens is 426 g/mol. The summed E-state index contributed by atoms with van der Waals surface area (Å²) in [4.78, 5) is 33.0. The molecule has 2 fully saturated rings. The molecule has 32 heavy (non-hydrogen) atoms. The summed E-state index contributed by atoms with van der Waals surface area (Å²) in [6.07, 6.45) is 1.82. The van der Waals surface area contributed by atoms with Crippen LogP contribution in [0, 0.1) is 6.92 Å². The van der Waals surface area contributed by atoms with Gasteiger partial charge in [-0.15, -0.1) is 0 Å². The number of hydrogen-bond acceptors (Lipinski definition) is 8. The molecule has 0 bridgehead atoms. The second kappa shape index (κ2) is 8.67. The third-order valence-electron chi connectivity index (χ3n) is 5.58. The van der Waals surface area contributed by atoms with Gasteiger partial charge in [-0.2, -0.15) is 15.1 Å². The van der Waals surface area contributed by atoms with Crippen molar-refractivity contribution >= 4 is 18.2 Å². The molecule has 0 aromatic carbocycles. The molecule has 1 saturated heterocycles. The van der Waals surface area contributed by atoms with Gasteiger partial charge in [0.2, 0.25) is 11.8 Å². The van der Waals surface area contributed by atoms with E-state index in [-0.39, 0.29) is 42.5 Å². The molecule has 2 aliphatic rings. The van der Waals surface area contributed by atoms with Crippen LogP contribution >= 0.6 is 0 Å². The Kier molecular flexibility index (Phi) is 5.94. The number of aryl methyl sites for hydroxylation is 1. The maximum absolute atomic E-state index is 13.5. The molecule has 0 atom stereocenters. The van der Waals surface area contributed by atoms with E-state index in [4.69, 9.17) is 4.74 Å². The minimum atomic E-state index is -2.63. The molecule has 2 aromatic rings. The minimum Gasteiger partial charge on any atom is -0.470 e. The largest absolute Gasteiger partial charge is 0.470 e. The first kappa shape index (κ1) is 21.9. The molecule has 12 heteroatoms. The maximum Gasteiger partial charge on any atom is 0.409 e. The van der Waals surface area contributed by atoms with Gasteiger partial charge in [-0.1, -0.05) is 0 Å². The van der Waals surface area contributed by atoms with Crippen molar-refractivity contribution in [2.24, 2.45) is 0 Å². The van der Waals surface area contributed by atoms with Gasteiger partial charge < -0.3 is 19.7 Å². The Bertz CT molecular complexity index is 998. The van der Waals surface area contributed by atoms with Crippen LogP contribution in [0.1, 0.15) is 41.7 Å². The summed E-state index contributed by atoms with van der Waals surface area (Å²) in [6, 6.07) is 1.43. The van der Waals surface area contributed by atoms with E-state index in [9.17, 15) is 18.4 Å². The van der Waals surface area contributed by atoms with Gasteiger partial charge in [0.15, 0.2) is 6.29 Å². The summed E-state index contributed by atoms with van der Waals surface area (Å²) in [7, 11) is 1.31. The fraction of sp³-hybridized carbons (Fsp3) is 0.550. The van der Waals surface area contributed by atoms with Crippen LogP contribution < -0.4 is 10.1 Å².